The van der Waals surface area contributed by atoms with Crippen LogP contribution in [0.5, 0.6) is 0 Å². The molecule has 0 radical (unpaired) electrons. The van der Waals surface area contributed by atoms with E-state index < -0.39 is 0 Å². The molecule has 2 heteroatoms. The van der Waals surface area contributed by atoms with Gasteiger partial charge in [-0.05, 0) is 51.7 Å². The van der Waals surface area contributed by atoms with Gasteiger partial charge in [-0.2, -0.15) is 0 Å². The normalized spacial score (nSPS) is 28.5. The summed E-state index contributed by atoms with van der Waals surface area (Å²) >= 11 is 0. The molecule has 0 aromatic heterocycles. The van der Waals surface area contributed by atoms with E-state index in [2.05, 4.69) is 17.3 Å². The van der Waals surface area contributed by atoms with Crippen LogP contribution >= 0.6 is 0 Å². The summed E-state index contributed by atoms with van der Waals surface area (Å²) in [6, 6.07) is 0.816. The lowest BCUT2D eigenvalue weighted by atomic mass is 10.2. The van der Waals surface area contributed by atoms with Crippen LogP contribution in [0.2, 0.25) is 0 Å². The van der Waals surface area contributed by atoms with E-state index in [4.69, 9.17) is 0 Å². The summed E-state index contributed by atoms with van der Waals surface area (Å²) in [7, 11) is 2.25. The van der Waals surface area contributed by atoms with Gasteiger partial charge in [0.15, 0.2) is 0 Å². The second-order valence-corrected chi connectivity index (χ2v) is 5.07. The van der Waals surface area contributed by atoms with Gasteiger partial charge in [-0.15, -0.1) is 0 Å². The highest BCUT2D eigenvalue weighted by Crippen LogP contribution is 2.33. The van der Waals surface area contributed by atoms with Crippen molar-refractivity contribution in [2.45, 2.75) is 44.6 Å². The number of nitrogens with zero attached hydrogens (tertiary/aromatic N) is 1. The molecule has 1 atom stereocenters. The van der Waals surface area contributed by atoms with E-state index in [1.54, 1.807) is 0 Å². The SMILES string of the molecule is CN1CCCC1CNCCCC1CC1. The van der Waals surface area contributed by atoms with Gasteiger partial charge in [-0.25, -0.2) is 0 Å². The van der Waals surface area contributed by atoms with Crippen molar-refractivity contribution in [2.24, 2.45) is 5.92 Å². The van der Waals surface area contributed by atoms with Gasteiger partial charge in [0.05, 0.1) is 0 Å². The Morgan fingerprint density at radius 1 is 1.29 bits per heavy atom. The Kier molecular flexibility index (Phi) is 3.82. The molecule has 1 unspecified atom stereocenters. The monoisotopic (exact) mass is 196 g/mol. The van der Waals surface area contributed by atoms with Crippen LogP contribution < -0.4 is 5.32 Å². The number of hydrogen-bond acceptors (Lipinski definition) is 2. The van der Waals surface area contributed by atoms with Crippen LogP contribution in [0.1, 0.15) is 38.5 Å². The zero-order chi connectivity index (χ0) is 9.80. The van der Waals surface area contributed by atoms with Gasteiger partial charge in [-0.1, -0.05) is 12.8 Å². The summed E-state index contributed by atoms with van der Waals surface area (Å²) in [6.45, 7) is 3.75. The minimum atomic E-state index is 0.816. The smallest absolute Gasteiger partial charge is 0.0218 e. The Bertz CT molecular complexity index is 166. The van der Waals surface area contributed by atoms with Gasteiger partial charge in [-0.3, -0.25) is 0 Å². The number of rotatable bonds is 6. The Morgan fingerprint density at radius 2 is 2.14 bits per heavy atom. The van der Waals surface area contributed by atoms with Crippen molar-refractivity contribution in [3.63, 3.8) is 0 Å². The second kappa shape index (κ2) is 5.13. The average molecular weight is 196 g/mol. The molecule has 0 aromatic rings. The summed E-state index contributed by atoms with van der Waals surface area (Å²) in [6.07, 6.45) is 8.66. The van der Waals surface area contributed by atoms with Crippen LogP contribution in [0.25, 0.3) is 0 Å². The first-order valence-corrected chi connectivity index (χ1v) is 6.27. The molecule has 82 valence electrons. The van der Waals surface area contributed by atoms with Crippen molar-refractivity contribution >= 4 is 0 Å². The number of nitrogens with one attached hydrogen (secondary N) is 1. The van der Waals surface area contributed by atoms with Crippen molar-refractivity contribution in [1.29, 1.82) is 0 Å². The van der Waals surface area contributed by atoms with Gasteiger partial charge >= 0.3 is 0 Å². The summed E-state index contributed by atoms with van der Waals surface area (Å²) in [5.41, 5.74) is 0. The largest absolute Gasteiger partial charge is 0.315 e. The zero-order valence-electron chi connectivity index (χ0n) is 9.47. The van der Waals surface area contributed by atoms with Gasteiger partial charge in [0.1, 0.15) is 0 Å². The van der Waals surface area contributed by atoms with Crippen molar-refractivity contribution in [2.75, 3.05) is 26.7 Å². The molecule has 1 aliphatic carbocycles. The molecule has 1 N–H and O–H groups in total. The minimum Gasteiger partial charge on any atom is -0.315 e. The predicted molar refractivity (Wildman–Crippen MR) is 60.5 cm³/mol. The molecular formula is C12H24N2. The molecule has 1 saturated heterocycles. The topological polar surface area (TPSA) is 15.3 Å². The van der Waals surface area contributed by atoms with Crippen LogP contribution in [0.3, 0.4) is 0 Å². The van der Waals surface area contributed by atoms with Crippen LogP contribution in [0, 0.1) is 5.92 Å². The third-order valence-corrected chi connectivity index (χ3v) is 3.71. The quantitative estimate of drug-likeness (QED) is 0.652. The maximum Gasteiger partial charge on any atom is 0.0218 e. The molecular weight excluding hydrogens is 172 g/mol. The van der Waals surface area contributed by atoms with E-state index >= 15 is 0 Å². The number of likely N-dealkylation sites (N-methyl/N-ethyl adjacent to an activating group) is 1. The van der Waals surface area contributed by atoms with E-state index in [0.29, 0.717) is 0 Å². The first-order chi connectivity index (χ1) is 6.86. The van der Waals surface area contributed by atoms with Crippen LogP contribution in [-0.4, -0.2) is 37.6 Å². The molecule has 2 fully saturated rings. The zero-order valence-corrected chi connectivity index (χ0v) is 9.47. The molecule has 0 amide bonds. The maximum atomic E-state index is 3.60. The highest BCUT2D eigenvalue weighted by molar-refractivity contribution is 4.78. The fourth-order valence-electron chi connectivity index (χ4n) is 2.43. The van der Waals surface area contributed by atoms with Gasteiger partial charge < -0.3 is 10.2 Å². The van der Waals surface area contributed by atoms with Gasteiger partial charge in [0, 0.05) is 12.6 Å². The van der Waals surface area contributed by atoms with Crippen molar-refractivity contribution in [3.05, 3.63) is 0 Å². The highest BCUT2D eigenvalue weighted by atomic mass is 15.2. The van der Waals surface area contributed by atoms with Gasteiger partial charge in [0.2, 0.25) is 0 Å². The predicted octanol–water partition coefficient (Wildman–Crippen LogP) is 1.86. The van der Waals surface area contributed by atoms with E-state index in [-0.39, 0.29) is 0 Å². The third-order valence-electron chi connectivity index (χ3n) is 3.71. The average Bonchev–Trinajstić information content (AvgIpc) is 2.91. The van der Waals surface area contributed by atoms with E-state index in [0.717, 1.165) is 12.0 Å². The Morgan fingerprint density at radius 3 is 2.79 bits per heavy atom. The van der Waals surface area contributed by atoms with Crippen molar-refractivity contribution in [3.8, 4) is 0 Å². The van der Waals surface area contributed by atoms with Crippen molar-refractivity contribution < 1.29 is 0 Å². The lowest BCUT2D eigenvalue weighted by Crippen LogP contribution is -2.35. The lowest BCUT2D eigenvalue weighted by Gasteiger charge is -2.19. The summed E-state index contributed by atoms with van der Waals surface area (Å²) in [5, 5.41) is 3.60. The van der Waals surface area contributed by atoms with Crippen LogP contribution in [0.15, 0.2) is 0 Å². The molecule has 1 aliphatic heterocycles. The minimum absolute atomic E-state index is 0.816. The lowest BCUT2D eigenvalue weighted by molar-refractivity contribution is 0.300. The first-order valence-electron chi connectivity index (χ1n) is 6.27. The van der Waals surface area contributed by atoms with Crippen molar-refractivity contribution in [1.82, 2.24) is 10.2 Å². The standard InChI is InChI=1S/C12H24N2/c1-14-9-3-5-12(14)10-13-8-2-4-11-6-7-11/h11-13H,2-10H2,1H3. The van der Waals surface area contributed by atoms with E-state index in [1.807, 2.05) is 0 Å². The fourth-order valence-corrected chi connectivity index (χ4v) is 2.43. The van der Waals surface area contributed by atoms with Gasteiger partial charge in [0.25, 0.3) is 0 Å². The fraction of sp³-hybridized carbons (Fsp3) is 1.00. The summed E-state index contributed by atoms with van der Waals surface area (Å²) in [4.78, 5) is 2.49. The molecule has 0 spiro atoms. The molecule has 2 aliphatic rings. The first kappa shape index (κ1) is 10.4. The van der Waals surface area contributed by atoms with E-state index in [9.17, 15) is 0 Å². The van der Waals surface area contributed by atoms with Crippen LogP contribution in [0.4, 0.5) is 0 Å². The maximum absolute atomic E-state index is 3.60. The molecule has 2 nitrogen and oxygen atoms in total. The van der Waals surface area contributed by atoms with E-state index in [1.165, 1.54) is 58.2 Å². The second-order valence-electron chi connectivity index (χ2n) is 5.07. The Hall–Kier alpha value is -0.0800. The Labute approximate surface area is 88.1 Å². The molecule has 14 heavy (non-hydrogen) atoms. The highest BCUT2D eigenvalue weighted by Gasteiger charge is 2.21. The Balaban J connectivity index is 1.45. The van der Waals surface area contributed by atoms with Crippen LogP contribution in [-0.2, 0) is 0 Å². The molecule has 0 aromatic carbocycles. The summed E-state index contributed by atoms with van der Waals surface area (Å²) in [5.74, 6) is 1.10. The molecule has 1 saturated carbocycles. The third kappa shape index (κ3) is 3.25. The molecule has 2 rings (SSSR count). The molecule has 0 bridgehead atoms. The summed E-state index contributed by atoms with van der Waals surface area (Å²) < 4.78 is 0. The number of hydrogen-bond donors (Lipinski definition) is 1. The number of likely N-dealkylation sites (tertiary alicyclic amines) is 1. The molecule has 1 heterocycles.